The summed E-state index contributed by atoms with van der Waals surface area (Å²) in [7, 11) is 0. The topological polar surface area (TPSA) is 68.9 Å². The molecule has 0 radical (unpaired) electrons. The summed E-state index contributed by atoms with van der Waals surface area (Å²) in [5.41, 5.74) is 0.900. The molecule has 1 N–H and O–H groups in total. The van der Waals surface area contributed by atoms with E-state index in [1.807, 2.05) is 31.2 Å². The fourth-order valence-electron chi connectivity index (χ4n) is 2.29. The van der Waals surface area contributed by atoms with Gasteiger partial charge in [-0.25, -0.2) is 4.79 Å². The first-order chi connectivity index (χ1) is 11.6. The van der Waals surface area contributed by atoms with E-state index < -0.39 is 5.63 Å². The number of fused-ring (bicyclic) bond motifs is 1. The average molecular weight is 326 g/mol. The molecule has 0 atom stereocenters. The second-order valence-corrected chi connectivity index (χ2v) is 5.47. The molecule has 2 aromatic carbocycles. The van der Waals surface area contributed by atoms with Gasteiger partial charge in [-0.15, -0.1) is 0 Å². The minimum atomic E-state index is -0.594. The number of aromatic hydroxyl groups is 1. The van der Waals surface area contributed by atoms with Crippen LogP contribution in [-0.2, 0) is 0 Å². The van der Waals surface area contributed by atoms with Crippen molar-refractivity contribution in [1.82, 2.24) is 0 Å². The van der Waals surface area contributed by atoms with Crippen molar-refractivity contribution in [2.45, 2.75) is 13.3 Å². The smallest absolute Gasteiger partial charge is 0.339 e. The van der Waals surface area contributed by atoms with Gasteiger partial charge in [0.1, 0.15) is 22.8 Å². The predicted molar refractivity (Wildman–Crippen MR) is 90.9 cm³/mol. The van der Waals surface area contributed by atoms with Crippen LogP contribution in [0.25, 0.3) is 11.0 Å². The molecule has 3 aromatic rings. The number of hydrogen-bond donors (Lipinski definition) is 1. The summed E-state index contributed by atoms with van der Waals surface area (Å²) in [5.74, 6) is 1.31. The molecule has 0 unspecified atom stereocenters. The molecule has 0 aliphatic rings. The van der Waals surface area contributed by atoms with E-state index in [1.165, 1.54) is 5.56 Å². The molecule has 0 spiro atoms. The quantitative estimate of drug-likeness (QED) is 0.553. The third kappa shape index (κ3) is 3.87. The zero-order valence-electron chi connectivity index (χ0n) is 13.3. The highest BCUT2D eigenvalue weighted by molar-refractivity contribution is 5.83. The van der Waals surface area contributed by atoms with Gasteiger partial charge in [-0.2, -0.15) is 0 Å². The van der Waals surface area contributed by atoms with E-state index in [1.54, 1.807) is 18.2 Å². The van der Waals surface area contributed by atoms with Crippen molar-refractivity contribution >= 4 is 11.0 Å². The minimum Gasteiger partial charge on any atom is -0.507 e. The van der Waals surface area contributed by atoms with Gasteiger partial charge in [0.15, 0.2) is 0 Å². The first kappa shape index (κ1) is 15.9. The lowest BCUT2D eigenvalue weighted by atomic mass is 10.2. The second kappa shape index (κ2) is 7.08. The van der Waals surface area contributed by atoms with Gasteiger partial charge in [-0.05, 0) is 31.2 Å². The van der Waals surface area contributed by atoms with Crippen LogP contribution < -0.4 is 15.1 Å². The molecule has 1 heterocycles. The summed E-state index contributed by atoms with van der Waals surface area (Å²) in [4.78, 5) is 11.3. The van der Waals surface area contributed by atoms with Gasteiger partial charge < -0.3 is 19.0 Å². The van der Waals surface area contributed by atoms with E-state index in [2.05, 4.69) is 0 Å². The molecule has 5 nitrogen and oxygen atoms in total. The van der Waals surface area contributed by atoms with Gasteiger partial charge in [-0.1, -0.05) is 17.7 Å². The zero-order chi connectivity index (χ0) is 16.9. The Hall–Kier alpha value is -2.95. The Bertz CT molecular complexity index is 880. The molecule has 0 fully saturated rings. The Labute approximate surface area is 139 Å². The van der Waals surface area contributed by atoms with Crippen molar-refractivity contribution in [3.63, 3.8) is 0 Å². The molecular weight excluding hydrogens is 308 g/mol. The average Bonchev–Trinajstić information content (AvgIpc) is 2.56. The van der Waals surface area contributed by atoms with Crippen LogP contribution in [0.15, 0.2) is 57.7 Å². The van der Waals surface area contributed by atoms with Crippen LogP contribution in [0.4, 0.5) is 0 Å². The van der Waals surface area contributed by atoms with Gasteiger partial charge in [0.05, 0.1) is 24.7 Å². The van der Waals surface area contributed by atoms with Crippen molar-refractivity contribution in [3.05, 3.63) is 64.5 Å². The maximum atomic E-state index is 11.3. The van der Waals surface area contributed by atoms with E-state index in [0.717, 1.165) is 18.2 Å². The lowest BCUT2D eigenvalue weighted by Crippen LogP contribution is -2.05. The summed E-state index contributed by atoms with van der Waals surface area (Å²) >= 11 is 0. The first-order valence-electron chi connectivity index (χ1n) is 7.71. The zero-order valence-corrected chi connectivity index (χ0v) is 13.3. The lowest BCUT2D eigenvalue weighted by Gasteiger charge is -2.09. The van der Waals surface area contributed by atoms with Crippen LogP contribution in [0.5, 0.6) is 17.2 Å². The van der Waals surface area contributed by atoms with Crippen LogP contribution in [0, 0.1) is 6.92 Å². The summed E-state index contributed by atoms with van der Waals surface area (Å²) < 4.78 is 16.3. The van der Waals surface area contributed by atoms with E-state index in [9.17, 15) is 9.90 Å². The Morgan fingerprint density at radius 3 is 2.38 bits per heavy atom. The summed E-state index contributed by atoms with van der Waals surface area (Å²) in [6, 6.07) is 13.9. The number of aryl methyl sites for hydroxylation is 1. The molecule has 124 valence electrons. The van der Waals surface area contributed by atoms with Crippen LogP contribution in [-0.4, -0.2) is 18.3 Å². The van der Waals surface area contributed by atoms with Gasteiger partial charge >= 0.3 is 5.63 Å². The highest BCUT2D eigenvalue weighted by Crippen LogP contribution is 2.26. The van der Waals surface area contributed by atoms with Crippen molar-refractivity contribution < 1.29 is 19.0 Å². The molecular formula is C19H18O5. The molecule has 0 saturated carbocycles. The maximum absolute atomic E-state index is 11.3. The molecule has 0 aliphatic carbocycles. The fourth-order valence-corrected chi connectivity index (χ4v) is 2.29. The van der Waals surface area contributed by atoms with E-state index in [-0.39, 0.29) is 5.75 Å². The van der Waals surface area contributed by atoms with Gasteiger partial charge in [0.25, 0.3) is 0 Å². The molecule has 0 saturated heterocycles. The Kier molecular flexibility index (Phi) is 4.70. The molecule has 0 aliphatic heterocycles. The number of hydrogen-bond acceptors (Lipinski definition) is 5. The largest absolute Gasteiger partial charge is 0.507 e. The number of benzene rings is 2. The van der Waals surface area contributed by atoms with E-state index >= 15 is 0 Å². The van der Waals surface area contributed by atoms with E-state index in [0.29, 0.717) is 29.9 Å². The monoisotopic (exact) mass is 326 g/mol. The summed E-state index contributed by atoms with van der Waals surface area (Å²) in [5, 5.41) is 10.2. The molecule has 0 bridgehead atoms. The second-order valence-electron chi connectivity index (χ2n) is 5.47. The minimum absolute atomic E-state index is 0.0979. The fraction of sp³-hybridized carbons (Fsp3) is 0.211. The molecule has 3 rings (SSSR count). The molecule has 0 amide bonds. The van der Waals surface area contributed by atoms with Crippen molar-refractivity contribution in [2.24, 2.45) is 0 Å². The van der Waals surface area contributed by atoms with Crippen molar-refractivity contribution in [1.29, 1.82) is 0 Å². The third-order valence-electron chi connectivity index (χ3n) is 3.54. The lowest BCUT2D eigenvalue weighted by molar-refractivity contribution is 0.247. The normalized spacial score (nSPS) is 10.7. The maximum Gasteiger partial charge on any atom is 0.339 e. The Morgan fingerprint density at radius 2 is 1.62 bits per heavy atom. The van der Waals surface area contributed by atoms with Gasteiger partial charge in [0.2, 0.25) is 0 Å². The standard InChI is InChI=1S/C19H18O5/c1-13-3-5-14(6-4-13)22-9-2-10-23-15-7-8-16-17(20)12-19(21)24-18(16)11-15/h3-8,11-12,20H,2,9-10H2,1H3. The highest BCUT2D eigenvalue weighted by atomic mass is 16.5. The number of ether oxygens (including phenoxy) is 2. The molecule has 24 heavy (non-hydrogen) atoms. The van der Waals surface area contributed by atoms with Crippen molar-refractivity contribution in [3.8, 4) is 17.2 Å². The van der Waals surface area contributed by atoms with E-state index in [4.69, 9.17) is 13.9 Å². The molecule has 5 heteroatoms. The molecule has 1 aromatic heterocycles. The van der Waals surface area contributed by atoms with Crippen LogP contribution >= 0.6 is 0 Å². The summed E-state index contributed by atoms with van der Waals surface area (Å²) in [6.45, 7) is 3.05. The van der Waals surface area contributed by atoms with Gasteiger partial charge in [-0.3, -0.25) is 0 Å². The Morgan fingerprint density at radius 1 is 0.958 bits per heavy atom. The first-order valence-corrected chi connectivity index (χ1v) is 7.71. The van der Waals surface area contributed by atoms with Crippen LogP contribution in [0.2, 0.25) is 0 Å². The van der Waals surface area contributed by atoms with Gasteiger partial charge in [0, 0.05) is 12.5 Å². The Balaban J connectivity index is 1.52. The van der Waals surface area contributed by atoms with Crippen LogP contribution in [0.3, 0.4) is 0 Å². The number of rotatable bonds is 6. The SMILES string of the molecule is Cc1ccc(OCCCOc2ccc3c(O)cc(=O)oc3c2)cc1. The third-order valence-corrected chi connectivity index (χ3v) is 3.54. The summed E-state index contributed by atoms with van der Waals surface area (Å²) in [6.07, 6.45) is 0.718. The highest BCUT2D eigenvalue weighted by Gasteiger charge is 2.06. The van der Waals surface area contributed by atoms with Crippen molar-refractivity contribution in [2.75, 3.05) is 13.2 Å². The predicted octanol–water partition coefficient (Wildman–Crippen LogP) is 3.65. The van der Waals surface area contributed by atoms with Crippen LogP contribution in [0.1, 0.15) is 12.0 Å².